The van der Waals surface area contributed by atoms with Gasteiger partial charge >= 0.3 is 0 Å². The molecule has 6 rings (SSSR count). The first kappa shape index (κ1) is 26.2. The van der Waals surface area contributed by atoms with Crippen LogP contribution in [0.4, 0.5) is 0 Å². The van der Waals surface area contributed by atoms with Crippen molar-refractivity contribution in [2.24, 2.45) is 10.1 Å². The minimum Gasteiger partial charge on any atom is -0.306 e. The molecule has 0 radical (unpaired) electrons. The second kappa shape index (κ2) is 12.4. The molecule has 0 amide bonds. The van der Waals surface area contributed by atoms with Crippen molar-refractivity contribution in [1.29, 1.82) is 0 Å². The molecule has 1 aliphatic carbocycles. The van der Waals surface area contributed by atoms with Crippen molar-refractivity contribution in [3.63, 3.8) is 0 Å². The van der Waals surface area contributed by atoms with Gasteiger partial charge in [0.15, 0.2) is 0 Å². The molecule has 0 atom stereocenters. The van der Waals surface area contributed by atoms with Crippen LogP contribution in [-0.4, -0.2) is 26.5 Å². The van der Waals surface area contributed by atoms with Crippen LogP contribution in [0.2, 0.25) is 0 Å². The Morgan fingerprint density at radius 3 is 2.42 bits per heavy atom. The molecule has 1 saturated carbocycles. The molecule has 0 N–H and O–H groups in total. The van der Waals surface area contributed by atoms with Gasteiger partial charge < -0.3 is 4.57 Å². The molecule has 1 fully saturated rings. The van der Waals surface area contributed by atoms with Crippen LogP contribution in [0.25, 0.3) is 16.9 Å². The number of nitrogens with zero attached hydrogens (tertiary/aromatic N) is 5. The fourth-order valence-corrected chi connectivity index (χ4v) is 6.34. The molecule has 0 bridgehead atoms. The molecule has 3 aromatic carbocycles. The topological polar surface area (TPSA) is 47.5 Å². The van der Waals surface area contributed by atoms with Gasteiger partial charge in [0.05, 0.1) is 17.7 Å². The lowest BCUT2D eigenvalue weighted by molar-refractivity contribution is 0.443. The fourth-order valence-electron chi connectivity index (χ4n) is 5.48. The quantitative estimate of drug-likeness (QED) is 0.183. The lowest BCUT2D eigenvalue weighted by Gasteiger charge is -2.22. The highest BCUT2D eigenvalue weighted by Crippen LogP contribution is 2.33. The summed E-state index contributed by atoms with van der Waals surface area (Å²) in [4.78, 5) is 10.1. The van der Waals surface area contributed by atoms with Gasteiger partial charge in [-0.1, -0.05) is 86.0 Å². The van der Waals surface area contributed by atoms with Crippen molar-refractivity contribution in [1.82, 2.24) is 14.2 Å². The molecule has 0 unspecified atom stereocenters. The normalized spacial score (nSPS) is 15.0. The predicted molar refractivity (Wildman–Crippen MR) is 165 cm³/mol. The molecule has 40 heavy (non-hydrogen) atoms. The Hall–Kier alpha value is -4.03. The van der Waals surface area contributed by atoms with Gasteiger partial charge in [0.2, 0.25) is 4.80 Å². The van der Waals surface area contributed by atoms with Crippen LogP contribution >= 0.6 is 11.3 Å². The van der Waals surface area contributed by atoms with E-state index < -0.39 is 0 Å². The third kappa shape index (κ3) is 6.07. The zero-order valence-electron chi connectivity index (χ0n) is 23.0. The highest BCUT2D eigenvalue weighted by Gasteiger charge is 2.16. The van der Waals surface area contributed by atoms with E-state index in [1.54, 1.807) is 17.5 Å². The number of imidazole rings is 1. The monoisotopic (exact) mass is 545 g/mol. The van der Waals surface area contributed by atoms with E-state index in [-0.39, 0.29) is 0 Å². The Morgan fingerprint density at radius 1 is 0.925 bits per heavy atom. The number of aromatic nitrogens is 3. The zero-order valence-corrected chi connectivity index (χ0v) is 23.8. The number of hydrogen-bond donors (Lipinski definition) is 0. The van der Waals surface area contributed by atoms with Crippen LogP contribution < -0.4 is 4.80 Å². The first-order chi connectivity index (χ1) is 19.7. The van der Waals surface area contributed by atoms with Crippen LogP contribution in [-0.2, 0) is 6.42 Å². The zero-order chi connectivity index (χ0) is 27.1. The van der Waals surface area contributed by atoms with Crippen LogP contribution in [0.15, 0.2) is 113 Å². The molecular weight excluding hydrogens is 510 g/mol. The van der Waals surface area contributed by atoms with Gasteiger partial charge in [-0.25, -0.2) is 9.66 Å². The van der Waals surface area contributed by atoms with E-state index in [0.717, 1.165) is 40.4 Å². The summed E-state index contributed by atoms with van der Waals surface area (Å²) in [6.07, 6.45) is 13.2. The molecule has 5 nitrogen and oxygen atoms in total. The Balaban J connectivity index is 1.32. The second-order valence-corrected chi connectivity index (χ2v) is 11.3. The lowest BCUT2D eigenvalue weighted by Crippen LogP contribution is -2.15. The Morgan fingerprint density at radius 2 is 1.70 bits per heavy atom. The standard InChI is InChI=1S/C34H35N5S/c1-26(28-16-18-32(19-17-28)38-23-22-35-25-38)37-39-33(24-40-34(39)36-21-20-27-8-4-2-5-9-27)31-14-12-30(13-15-31)29-10-6-3-7-11-29/h2,4-5,8-9,12-19,22-25,29H,3,6-7,10-11,20-21H2,1H3/b36-34?,37-26+. The molecular formula is C34H35N5S. The minimum atomic E-state index is 0.700. The van der Waals surface area contributed by atoms with Crippen LogP contribution in [0.5, 0.6) is 0 Å². The smallest absolute Gasteiger partial charge is 0.206 e. The van der Waals surface area contributed by atoms with E-state index in [2.05, 4.69) is 96.2 Å². The maximum atomic E-state index is 5.13. The molecule has 2 heterocycles. The summed E-state index contributed by atoms with van der Waals surface area (Å²) in [5, 5.41) is 7.32. The van der Waals surface area contributed by atoms with Crippen molar-refractivity contribution in [3.05, 3.63) is 124 Å². The summed E-state index contributed by atoms with van der Waals surface area (Å²) in [5.74, 6) is 0.700. The summed E-state index contributed by atoms with van der Waals surface area (Å²) >= 11 is 1.66. The largest absolute Gasteiger partial charge is 0.306 e. The van der Waals surface area contributed by atoms with Crippen molar-refractivity contribution < 1.29 is 0 Å². The molecule has 202 valence electrons. The maximum Gasteiger partial charge on any atom is 0.206 e. The van der Waals surface area contributed by atoms with Gasteiger partial charge in [-0.3, -0.25) is 4.99 Å². The fraction of sp³-hybridized carbons (Fsp3) is 0.265. The van der Waals surface area contributed by atoms with Gasteiger partial charge in [0, 0.05) is 35.6 Å². The third-order valence-electron chi connectivity index (χ3n) is 7.80. The predicted octanol–water partition coefficient (Wildman–Crippen LogP) is 7.87. The number of hydrogen-bond acceptors (Lipinski definition) is 4. The summed E-state index contributed by atoms with van der Waals surface area (Å²) < 4.78 is 4.03. The van der Waals surface area contributed by atoms with E-state index in [9.17, 15) is 0 Å². The first-order valence-electron chi connectivity index (χ1n) is 14.2. The molecule has 0 saturated heterocycles. The van der Waals surface area contributed by atoms with Gasteiger partial charge in [-0.05, 0) is 60.9 Å². The van der Waals surface area contributed by atoms with Crippen LogP contribution in [0.1, 0.15) is 61.6 Å². The average molecular weight is 546 g/mol. The number of thiazole rings is 1. The Labute approximate surface area is 240 Å². The van der Waals surface area contributed by atoms with E-state index in [1.165, 1.54) is 48.8 Å². The highest BCUT2D eigenvalue weighted by atomic mass is 32.1. The lowest BCUT2D eigenvalue weighted by atomic mass is 9.84. The molecule has 6 heteroatoms. The van der Waals surface area contributed by atoms with Gasteiger partial charge in [-0.2, -0.15) is 5.10 Å². The van der Waals surface area contributed by atoms with E-state index in [0.29, 0.717) is 5.92 Å². The van der Waals surface area contributed by atoms with E-state index >= 15 is 0 Å². The van der Waals surface area contributed by atoms with Gasteiger partial charge in [0.25, 0.3) is 0 Å². The minimum absolute atomic E-state index is 0.700. The Kier molecular flexibility index (Phi) is 8.15. The maximum absolute atomic E-state index is 5.13. The highest BCUT2D eigenvalue weighted by molar-refractivity contribution is 7.07. The van der Waals surface area contributed by atoms with Gasteiger partial charge in [0.1, 0.15) is 0 Å². The third-order valence-corrected chi connectivity index (χ3v) is 8.65. The molecule has 1 aliphatic rings. The Bertz CT molecular complexity index is 1600. The van der Waals surface area contributed by atoms with Crippen molar-refractivity contribution in [2.75, 3.05) is 6.54 Å². The van der Waals surface area contributed by atoms with Crippen molar-refractivity contribution >= 4 is 17.0 Å². The summed E-state index contributed by atoms with van der Waals surface area (Å²) in [7, 11) is 0. The van der Waals surface area contributed by atoms with Gasteiger partial charge in [-0.15, -0.1) is 11.3 Å². The first-order valence-corrected chi connectivity index (χ1v) is 15.1. The molecule has 2 aromatic heterocycles. The SMILES string of the molecule is C/C(=N\n1c(-c2ccc(C3CCCCC3)cc2)csc1=NCCc1ccccc1)c1ccc(-n2ccnc2)cc1. The molecule has 5 aromatic rings. The average Bonchev–Trinajstić information content (AvgIpc) is 3.69. The van der Waals surface area contributed by atoms with Crippen LogP contribution in [0, 0.1) is 0 Å². The van der Waals surface area contributed by atoms with Crippen molar-refractivity contribution in [3.8, 4) is 16.9 Å². The van der Waals surface area contributed by atoms with E-state index in [4.69, 9.17) is 10.1 Å². The number of rotatable bonds is 8. The second-order valence-electron chi connectivity index (χ2n) is 10.5. The van der Waals surface area contributed by atoms with E-state index in [1.807, 2.05) is 21.8 Å². The molecule has 0 spiro atoms. The summed E-state index contributed by atoms with van der Waals surface area (Å²) in [6, 6.07) is 28.2. The van der Waals surface area contributed by atoms with Crippen molar-refractivity contribution in [2.45, 2.75) is 51.4 Å². The number of benzene rings is 3. The summed E-state index contributed by atoms with van der Waals surface area (Å²) in [5.41, 5.74) is 8.12. The van der Waals surface area contributed by atoms with Crippen LogP contribution in [0.3, 0.4) is 0 Å². The summed E-state index contributed by atoms with van der Waals surface area (Å²) in [6.45, 7) is 2.79. The molecule has 0 aliphatic heterocycles.